The van der Waals surface area contributed by atoms with Crippen molar-refractivity contribution in [1.82, 2.24) is 15.0 Å². The minimum atomic E-state index is 0.282. The van der Waals surface area contributed by atoms with Gasteiger partial charge in [0.25, 0.3) is 0 Å². The van der Waals surface area contributed by atoms with Gasteiger partial charge in [-0.05, 0) is 76.8 Å². The van der Waals surface area contributed by atoms with Crippen molar-refractivity contribution in [2.75, 3.05) is 49.1 Å². The quantitative estimate of drug-likeness (QED) is 0.146. The second-order valence-corrected chi connectivity index (χ2v) is 10.9. The molecule has 5 rings (SSSR count). The van der Waals surface area contributed by atoms with Gasteiger partial charge >= 0.3 is 0 Å². The molecule has 2 heterocycles. The minimum absolute atomic E-state index is 0.282. The molecule has 12 heteroatoms. The van der Waals surface area contributed by atoms with E-state index in [4.69, 9.17) is 25.8 Å². The molecule has 1 aromatic heterocycles. The molecule has 1 aliphatic rings. The Morgan fingerprint density at radius 1 is 1.00 bits per heavy atom. The molecule has 3 aromatic carbocycles. The van der Waals surface area contributed by atoms with Gasteiger partial charge in [0.15, 0.2) is 11.5 Å². The number of morpholine rings is 1. The van der Waals surface area contributed by atoms with Crippen molar-refractivity contribution < 1.29 is 14.2 Å². The summed E-state index contributed by atoms with van der Waals surface area (Å²) in [5.74, 6) is 2.40. The molecule has 0 unspecified atom stereocenters. The number of ether oxygens (including phenoxy) is 3. The van der Waals surface area contributed by atoms with Crippen molar-refractivity contribution in [3.8, 4) is 11.5 Å². The molecule has 10 nitrogen and oxygen atoms in total. The number of benzene rings is 3. The van der Waals surface area contributed by atoms with Crippen LogP contribution < -0.4 is 25.1 Å². The topological polar surface area (TPSA) is 106 Å². The summed E-state index contributed by atoms with van der Waals surface area (Å²) in [6.45, 7) is 6.98. The van der Waals surface area contributed by atoms with E-state index < -0.39 is 0 Å². The number of hydrogen-bond acceptors (Lipinski definition) is 10. The Labute approximate surface area is 258 Å². The number of hydrazone groups is 1. The lowest BCUT2D eigenvalue weighted by Gasteiger charge is -2.27. The van der Waals surface area contributed by atoms with E-state index in [0.717, 1.165) is 26.9 Å². The highest BCUT2D eigenvalue weighted by atomic mass is 79.9. The second kappa shape index (κ2) is 13.8. The SMILES string of the molecule is COc1cc(/C=N\Nc2nc(Nc3cc(Cl)c(C)cc3Br)nc(N3CCOCC3)n2)ccc1OCc1ccc(C)cc1. The van der Waals surface area contributed by atoms with Crippen LogP contribution in [0.3, 0.4) is 0 Å². The van der Waals surface area contributed by atoms with Gasteiger partial charge in [0.1, 0.15) is 6.61 Å². The molecule has 218 valence electrons. The summed E-state index contributed by atoms with van der Waals surface area (Å²) in [7, 11) is 1.61. The van der Waals surface area contributed by atoms with Crippen LogP contribution in [0.4, 0.5) is 23.5 Å². The van der Waals surface area contributed by atoms with E-state index in [9.17, 15) is 0 Å². The van der Waals surface area contributed by atoms with Crippen molar-refractivity contribution in [2.45, 2.75) is 20.5 Å². The average Bonchev–Trinajstić information content (AvgIpc) is 3.00. The number of nitrogens with zero attached hydrogens (tertiary/aromatic N) is 5. The van der Waals surface area contributed by atoms with Crippen molar-refractivity contribution in [2.24, 2.45) is 5.10 Å². The summed E-state index contributed by atoms with van der Waals surface area (Å²) in [4.78, 5) is 15.8. The fourth-order valence-electron chi connectivity index (χ4n) is 4.13. The average molecular weight is 653 g/mol. The van der Waals surface area contributed by atoms with Gasteiger partial charge in [-0.2, -0.15) is 20.1 Å². The van der Waals surface area contributed by atoms with Gasteiger partial charge in [0, 0.05) is 22.6 Å². The zero-order valence-corrected chi connectivity index (χ0v) is 25.9. The summed E-state index contributed by atoms with van der Waals surface area (Å²) in [6, 6.07) is 17.6. The van der Waals surface area contributed by atoms with Crippen LogP contribution in [0.1, 0.15) is 22.3 Å². The fourth-order valence-corrected chi connectivity index (χ4v) is 4.85. The van der Waals surface area contributed by atoms with Crippen molar-refractivity contribution in [3.63, 3.8) is 0 Å². The number of nitrogens with one attached hydrogen (secondary N) is 2. The van der Waals surface area contributed by atoms with Gasteiger partial charge in [-0.25, -0.2) is 5.43 Å². The van der Waals surface area contributed by atoms with Crippen molar-refractivity contribution >= 4 is 57.3 Å². The summed E-state index contributed by atoms with van der Waals surface area (Å²) in [6.07, 6.45) is 1.66. The van der Waals surface area contributed by atoms with Crippen LogP contribution in [-0.2, 0) is 11.3 Å². The predicted octanol–water partition coefficient (Wildman–Crippen LogP) is 6.52. The van der Waals surface area contributed by atoms with E-state index in [1.54, 1.807) is 13.3 Å². The molecule has 0 aliphatic carbocycles. The molecule has 0 spiro atoms. The lowest BCUT2D eigenvalue weighted by Crippen LogP contribution is -2.37. The smallest absolute Gasteiger partial charge is 0.250 e. The monoisotopic (exact) mass is 651 g/mol. The number of rotatable bonds is 10. The summed E-state index contributed by atoms with van der Waals surface area (Å²) in [5, 5.41) is 8.25. The van der Waals surface area contributed by atoms with E-state index in [1.165, 1.54) is 5.56 Å². The highest BCUT2D eigenvalue weighted by Crippen LogP contribution is 2.31. The Bertz CT molecular complexity index is 1560. The maximum atomic E-state index is 6.36. The van der Waals surface area contributed by atoms with E-state index in [2.05, 4.69) is 77.9 Å². The van der Waals surface area contributed by atoms with Crippen molar-refractivity contribution in [1.29, 1.82) is 0 Å². The van der Waals surface area contributed by atoms with Crippen LogP contribution in [0.2, 0.25) is 5.02 Å². The molecule has 4 aromatic rings. The lowest BCUT2D eigenvalue weighted by molar-refractivity contribution is 0.122. The first-order chi connectivity index (χ1) is 20.4. The Morgan fingerprint density at radius 2 is 1.76 bits per heavy atom. The van der Waals surface area contributed by atoms with Crippen LogP contribution in [-0.4, -0.2) is 54.6 Å². The molecule has 0 amide bonds. The van der Waals surface area contributed by atoms with Gasteiger partial charge < -0.3 is 24.4 Å². The third-order valence-electron chi connectivity index (χ3n) is 6.49. The minimum Gasteiger partial charge on any atom is -0.493 e. The lowest BCUT2D eigenvalue weighted by atomic mass is 10.2. The maximum Gasteiger partial charge on any atom is 0.250 e. The van der Waals surface area contributed by atoms with Crippen LogP contribution in [0.5, 0.6) is 11.5 Å². The molecule has 1 aliphatic heterocycles. The predicted molar refractivity (Wildman–Crippen MR) is 170 cm³/mol. The van der Waals surface area contributed by atoms with Gasteiger partial charge in [-0.1, -0.05) is 41.4 Å². The number of aromatic nitrogens is 3. The first-order valence-electron chi connectivity index (χ1n) is 13.3. The molecular weight excluding hydrogens is 622 g/mol. The van der Waals surface area contributed by atoms with Crippen LogP contribution in [0, 0.1) is 13.8 Å². The molecule has 42 heavy (non-hydrogen) atoms. The third-order valence-corrected chi connectivity index (χ3v) is 7.56. The Balaban J connectivity index is 1.32. The number of halogens is 2. The van der Waals surface area contributed by atoms with Crippen molar-refractivity contribution in [3.05, 3.63) is 86.3 Å². The Hall–Kier alpha value is -3.93. The van der Waals surface area contributed by atoms with Gasteiger partial charge in [0.2, 0.25) is 17.8 Å². The molecule has 0 radical (unpaired) electrons. The first-order valence-corrected chi connectivity index (χ1v) is 14.5. The molecule has 0 bridgehead atoms. The summed E-state index contributed by atoms with van der Waals surface area (Å²) in [5.41, 5.74) is 7.72. The normalized spacial score (nSPS) is 13.3. The first kappa shape index (κ1) is 29.6. The van der Waals surface area contributed by atoms with E-state index in [1.807, 2.05) is 42.2 Å². The molecule has 2 N–H and O–H groups in total. The number of anilines is 4. The molecule has 0 atom stereocenters. The zero-order valence-electron chi connectivity index (χ0n) is 23.5. The molecular formula is C30H31BrClN7O3. The fraction of sp³-hybridized carbons (Fsp3) is 0.267. The number of hydrogen-bond donors (Lipinski definition) is 2. The number of methoxy groups -OCH3 is 1. The molecule has 1 fully saturated rings. The number of aryl methyl sites for hydroxylation is 2. The van der Waals surface area contributed by atoms with Crippen LogP contribution in [0.15, 0.2) is 64.2 Å². The largest absolute Gasteiger partial charge is 0.493 e. The standard InChI is InChI=1S/C30H31BrClN7O3/c1-19-4-6-21(7-5-19)18-42-26-9-8-22(15-27(26)40-3)17-33-38-29-35-28(34-25-16-24(32)20(2)14-23(25)31)36-30(37-29)39-10-12-41-13-11-39/h4-9,14-17H,10-13,18H2,1-3H3,(H2,34,35,36,37,38)/b33-17-. The zero-order chi connectivity index (χ0) is 29.5. The summed E-state index contributed by atoms with van der Waals surface area (Å²) < 4.78 is 17.9. The van der Waals surface area contributed by atoms with Gasteiger partial charge in [-0.3, -0.25) is 0 Å². The summed E-state index contributed by atoms with van der Waals surface area (Å²) >= 11 is 9.94. The van der Waals surface area contributed by atoms with Crippen LogP contribution in [0.25, 0.3) is 0 Å². The molecule has 1 saturated heterocycles. The van der Waals surface area contributed by atoms with Gasteiger partial charge in [0.05, 0.1) is 32.2 Å². The van der Waals surface area contributed by atoms with E-state index in [0.29, 0.717) is 61.3 Å². The van der Waals surface area contributed by atoms with Gasteiger partial charge in [-0.15, -0.1) is 0 Å². The van der Waals surface area contributed by atoms with E-state index >= 15 is 0 Å². The Morgan fingerprint density at radius 3 is 2.52 bits per heavy atom. The van der Waals surface area contributed by atoms with E-state index in [-0.39, 0.29) is 5.95 Å². The Kier molecular flexibility index (Phi) is 9.73. The third kappa shape index (κ3) is 7.67. The highest BCUT2D eigenvalue weighted by molar-refractivity contribution is 9.10. The maximum absolute atomic E-state index is 6.36. The second-order valence-electron chi connectivity index (χ2n) is 9.64. The van der Waals surface area contributed by atoms with Crippen LogP contribution >= 0.6 is 27.5 Å². The molecule has 0 saturated carbocycles. The highest BCUT2D eigenvalue weighted by Gasteiger charge is 2.17.